The zero-order valence-electron chi connectivity index (χ0n) is 15.9. The Hall–Kier alpha value is -2.69. The zero-order chi connectivity index (χ0) is 19.4. The van der Waals surface area contributed by atoms with Gasteiger partial charge in [0.15, 0.2) is 5.78 Å². The van der Waals surface area contributed by atoms with Crippen LogP contribution in [0.1, 0.15) is 34.0 Å². The third-order valence-electron chi connectivity index (χ3n) is 4.61. The number of benzene rings is 3. The lowest BCUT2D eigenvalue weighted by Crippen LogP contribution is -2.00. The standard InChI is InChI=1S/C23H22FNO2.ClH/c1-15(26)18-4-3-5-19(13-18)22-21(27-2)11-10-20(23(22)24)12-16-6-8-17(14-25)9-7-16;/h3-11,13H,12,14,25H2,1-2H3;1H. The monoisotopic (exact) mass is 399 g/mol. The number of halogens is 2. The van der Waals surface area contributed by atoms with E-state index in [-0.39, 0.29) is 24.0 Å². The van der Waals surface area contributed by atoms with Crippen molar-refractivity contribution in [3.63, 3.8) is 0 Å². The first-order valence-corrected chi connectivity index (χ1v) is 8.78. The topological polar surface area (TPSA) is 52.3 Å². The number of Topliss-reactive ketones (excluding diaryl/α,β-unsaturated/α-hetero) is 1. The first kappa shape index (κ1) is 21.6. The van der Waals surface area contributed by atoms with Crippen molar-refractivity contribution in [2.24, 2.45) is 5.73 Å². The van der Waals surface area contributed by atoms with Gasteiger partial charge in [0.25, 0.3) is 0 Å². The second-order valence-corrected chi connectivity index (χ2v) is 6.45. The fourth-order valence-electron chi connectivity index (χ4n) is 3.08. The van der Waals surface area contributed by atoms with Crippen LogP contribution in [0.15, 0.2) is 60.7 Å². The van der Waals surface area contributed by atoms with Crippen LogP contribution in [0.3, 0.4) is 0 Å². The van der Waals surface area contributed by atoms with Gasteiger partial charge in [-0.2, -0.15) is 0 Å². The Bertz CT molecular complexity index is 971. The van der Waals surface area contributed by atoms with E-state index in [1.807, 2.05) is 24.3 Å². The zero-order valence-corrected chi connectivity index (χ0v) is 16.7. The fraction of sp³-hybridized carbons (Fsp3) is 0.174. The smallest absolute Gasteiger partial charge is 0.159 e. The van der Waals surface area contributed by atoms with Gasteiger partial charge in [0.2, 0.25) is 0 Å². The summed E-state index contributed by atoms with van der Waals surface area (Å²) >= 11 is 0. The fourth-order valence-corrected chi connectivity index (χ4v) is 3.08. The molecule has 0 unspecified atom stereocenters. The van der Waals surface area contributed by atoms with Crippen molar-refractivity contribution in [2.45, 2.75) is 19.9 Å². The van der Waals surface area contributed by atoms with Crippen molar-refractivity contribution in [1.29, 1.82) is 0 Å². The highest BCUT2D eigenvalue weighted by molar-refractivity contribution is 5.95. The number of nitrogens with two attached hydrogens (primary N) is 1. The number of ketones is 1. The van der Waals surface area contributed by atoms with Gasteiger partial charge in [-0.05, 0) is 41.3 Å². The summed E-state index contributed by atoms with van der Waals surface area (Å²) in [6.45, 7) is 1.97. The molecule has 0 saturated carbocycles. The summed E-state index contributed by atoms with van der Waals surface area (Å²) in [5.41, 5.74) is 9.77. The quantitative estimate of drug-likeness (QED) is 0.581. The minimum atomic E-state index is -0.335. The average molecular weight is 400 g/mol. The summed E-state index contributed by atoms with van der Waals surface area (Å²) in [6.07, 6.45) is 0.458. The van der Waals surface area contributed by atoms with Crippen molar-refractivity contribution in [3.8, 4) is 16.9 Å². The Morgan fingerprint density at radius 2 is 1.71 bits per heavy atom. The van der Waals surface area contributed by atoms with Crippen molar-refractivity contribution in [2.75, 3.05) is 7.11 Å². The molecule has 3 aromatic carbocycles. The summed E-state index contributed by atoms with van der Waals surface area (Å²) in [5, 5.41) is 0. The van der Waals surface area contributed by atoms with Crippen LogP contribution in [0.4, 0.5) is 4.39 Å². The largest absolute Gasteiger partial charge is 0.496 e. The minimum Gasteiger partial charge on any atom is -0.496 e. The molecule has 0 spiro atoms. The molecule has 28 heavy (non-hydrogen) atoms. The summed E-state index contributed by atoms with van der Waals surface area (Å²) in [5.74, 6) is 0.0424. The third kappa shape index (κ3) is 4.58. The van der Waals surface area contributed by atoms with E-state index in [2.05, 4.69) is 0 Å². The molecule has 0 aliphatic heterocycles. The van der Waals surface area contributed by atoms with Gasteiger partial charge in [0.05, 0.1) is 12.7 Å². The number of methoxy groups -OCH3 is 1. The first-order valence-electron chi connectivity index (χ1n) is 8.78. The van der Waals surface area contributed by atoms with Gasteiger partial charge in [-0.1, -0.05) is 48.5 Å². The van der Waals surface area contributed by atoms with Crippen LogP contribution in [0.2, 0.25) is 0 Å². The molecular formula is C23H23ClFNO2. The predicted octanol–water partition coefficient (Wildman–Crippen LogP) is 5.18. The maximum atomic E-state index is 15.4. The van der Waals surface area contributed by atoms with E-state index in [1.54, 1.807) is 36.4 Å². The van der Waals surface area contributed by atoms with E-state index in [0.717, 1.165) is 11.1 Å². The molecule has 5 heteroatoms. The Labute approximate surface area is 170 Å². The maximum absolute atomic E-state index is 15.4. The number of hydrogen-bond donors (Lipinski definition) is 1. The van der Waals surface area contributed by atoms with E-state index in [0.29, 0.717) is 41.0 Å². The number of hydrogen-bond acceptors (Lipinski definition) is 3. The third-order valence-corrected chi connectivity index (χ3v) is 4.61. The molecule has 2 N–H and O–H groups in total. The molecule has 146 valence electrons. The predicted molar refractivity (Wildman–Crippen MR) is 113 cm³/mol. The van der Waals surface area contributed by atoms with Gasteiger partial charge < -0.3 is 10.5 Å². The van der Waals surface area contributed by atoms with E-state index in [1.165, 1.54) is 14.0 Å². The molecule has 0 aliphatic carbocycles. The van der Waals surface area contributed by atoms with Gasteiger partial charge in [-0.25, -0.2) is 4.39 Å². The Balaban J connectivity index is 0.00000280. The van der Waals surface area contributed by atoms with Crippen LogP contribution >= 0.6 is 12.4 Å². The Morgan fingerprint density at radius 3 is 2.32 bits per heavy atom. The molecular weight excluding hydrogens is 377 g/mol. The molecule has 0 amide bonds. The highest BCUT2D eigenvalue weighted by Gasteiger charge is 2.17. The van der Waals surface area contributed by atoms with E-state index in [9.17, 15) is 4.79 Å². The number of carbonyl (C=O) groups excluding carboxylic acids is 1. The van der Waals surface area contributed by atoms with Crippen LogP contribution in [0, 0.1) is 5.82 Å². The number of rotatable bonds is 6. The SMILES string of the molecule is COc1ccc(Cc2ccc(CN)cc2)c(F)c1-c1cccc(C(C)=O)c1.Cl. The molecule has 0 aromatic heterocycles. The molecule has 3 aromatic rings. The second-order valence-electron chi connectivity index (χ2n) is 6.45. The molecule has 3 rings (SSSR count). The van der Waals surface area contributed by atoms with Crippen LogP contribution in [0.5, 0.6) is 5.75 Å². The Morgan fingerprint density at radius 1 is 1.04 bits per heavy atom. The molecule has 0 bridgehead atoms. The van der Waals surface area contributed by atoms with E-state index >= 15 is 4.39 Å². The van der Waals surface area contributed by atoms with Crippen LogP contribution in [-0.4, -0.2) is 12.9 Å². The van der Waals surface area contributed by atoms with Crippen molar-refractivity contribution < 1.29 is 13.9 Å². The molecule has 0 saturated heterocycles. The van der Waals surface area contributed by atoms with Gasteiger partial charge in [-0.15, -0.1) is 12.4 Å². The lowest BCUT2D eigenvalue weighted by molar-refractivity contribution is 0.101. The average Bonchev–Trinajstić information content (AvgIpc) is 2.70. The van der Waals surface area contributed by atoms with Gasteiger partial charge >= 0.3 is 0 Å². The van der Waals surface area contributed by atoms with Gasteiger partial charge in [0, 0.05) is 18.5 Å². The molecule has 0 fully saturated rings. The second kappa shape index (κ2) is 9.49. The highest BCUT2D eigenvalue weighted by Crippen LogP contribution is 2.35. The minimum absolute atomic E-state index is 0. The normalized spacial score (nSPS) is 10.3. The summed E-state index contributed by atoms with van der Waals surface area (Å²) in [7, 11) is 1.51. The lowest BCUT2D eigenvalue weighted by atomic mass is 9.95. The van der Waals surface area contributed by atoms with Gasteiger partial charge in [-0.3, -0.25) is 4.79 Å². The van der Waals surface area contributed by atoms with Gasteiger partial charge in [0.1, 0.15) is 11.6 Å². The van der Waals surface area contributed by atoms with Crippen molar-refractivity contribution >= 4 is 18.2 Å². The summed E-state index contributed by atoms with van der Waals surface area (Å²) in [4.78, 5) is 11.7. The number of ether oxygens (including phenoxy) is 1. The number of carbonyl (C=O) groups is 1. The summed E-state index contributed by atoms with van der Waals surface area (Å²) < 4.78 is 20.8. The summed E-state index contributed by atoms with van der Waals surface area (Å²) in [6, 6.07) is 18.3. The van der Waals surface area contributed by atoms with Crippen LogP contribution in [0.25, 0.3) is 11.1 Å². The van der Waals surface area contributed by atoms with E-state index in [4.69, 9.17) is 10.5 Å². The molecule has 0 atom stereocenters. The molecule has 0 aliphatic rings. The molecule has 3 nitrogen and oxygen atoms in total. The Kier molecular flexibility index (Phi) is 7.32. The lowest BCUT2D eigenvalue weighted by Gasteiger charge is -2.14. The maximum Gasteiger partial charge on any atom is 0.159 e. The molecule has 0 heterocycles. The van der Waals surface area contributed by atoms with Crippen molar-refractivity contribution in [3.05, 3.63) is 88.7 Å². The molecule has 0 radical (unpaired) electrons. The van der Waals surface area contributed by atoms with Crippen molar-refractivity contribution in [1.82, 2.24) is 0 Å². The highest BCUT2D eigenvalue weighted by atomic mass is 35.5. The van der Waals surface area contributed by atoms with E-state index < -0.39 is 0 Å². The first-order chi connectivity index (χ1) is 13.0. The van der Waals surface area contributed by atoms with Crippen LogP contribution in [-0.2, 0) is 13.0 Å². The van der Waals surface area contributed by atoms with Crippen LogP contribution < -0.4 is 10.5 Å².